The predicted molar refractivity (Wildman–Crippen MR) is 139 cm³/mol. The molecule has 2 aliphatic carbocycles. The smallest absolute Gasteiger partial charge is 0.343 e. The number of alkyl halides is 1. The fourth-order valence-corrected chi connectivity index (χ4v) is 4.25. The Kier molecular flexibility index (Phi) is 7.63. The normalized spacial score (nSPS) is 19.5. The summed E-state index contributed by atoms with van der Waals surface area (Å²) in [6.07, 6.45) is 12.3. The minimum atomic E-state index is -0.436. The number of esters is 2. The van der Waals surface area contributed by atoms with Crippen molar-refractivity contribution in [1.29, 1.82) is 0 Å². The van der Waals surface area contributed by atoms with E-state index in [1.165, 1.54) is 0 Å². The molecule has 0 fully saturated rings. The molecule has 0 saturated carbocycles. The quantitative estimate of drug-likeness (QED) is 0.236. The maximum Gasteiger partial charge on any atom is 0.343 e. The summed E-state index contributed by atoms with van der Waals surface area (Å²) >= 11 is 11.9. The summed E-state index contributed by atoms with van der Waals surface area (Å²) in [6.45, 7) is 4.26. The van der Waals surface area contributed by atoms with E-state index in [9.17, 15) is 9.59 Å². The summed E-state index contributed by atoms with van der Waals surface area (Å²) < 4.78 is 11.1. The fourth-order valence-electron chi connectivity index (χ4n) is 3.96. The Morgan fingerprint density at radius 3 is 2.20 bits per heavy atom. The largest absolute Gasteiger partial charge is 0.454 e. The second-order valence-corrected chi connectivity index (χ2v) is 10.0. The van der Waals surface area contributed by atoms with Crippen LogP contribution in [0.25, 0.3) is 0 Å². The molecular formula is C29H26Cl2O4. The second kappa shape index (κ2) is 10.7. The van der Waals surface area contributed by atoms with Gasteiger partial charge in [-0.2, -0.15) is 0 Å². The van der Waals surface area contributed by atoms with E-state index in [4.69, 9.17) is 32.7 Å². The molecule has 2 atom stereocenters. The van der Waals surface area contributed by atoms with Crippen LogP contribution in [-0.2, 0) is 14.9 Å². The molecule has 0 radical (unpaired) electrons. The second-order valence-electron chi connectivity index (χ2n) is 9.01. The fraction of sp³-hybridized carbons (Fsp3) is 0.241. The Balaban J connectivity index is 1.36. The van der Waals surface area contributed by atoms with E-state index in [1.54, 1.807) is 48.6 Å². The molecule has 0 aromatic heterocycles. The summed E-state index contributed by atoms with van der Waals surface area (Å²) in [5, 5.41) is 0.492. The molecule has 4 nitrogen and oxygen atoms in total. The Morgan fingerprint density at radius 2 is 1.60 bits per heavy atom. The summed E-state index contributed by atoms with van der Waals surface area (Å²) in [6, 6.07) is 14.1. The average molecular weight is 509 g/mol. The van der Waals surface area contributed by atoms with E-state index in [0.29, 0.717) is 34.8 Å². The van der Waals surface area contributed by atoms with Crippen LogP contribution in [0.5, 0.6) is 5.75 Å². The molecule has 2 aromatic carbocycles. The van der Waals surface area contributed by atoms with E-state index in [1.807, 2.05) is 30.4 Å². The van der Waals surface area contributed by atoms with Crippen LogP contribution in [0.2, 0.25) is 5.02 Å². The Morgan fingerprint density at radius 1 is 0.886 bits per heavy atom. The minimum Gasteiger partial charge on any atom is -0.454 e. The zero-order valence-corrected chi connectivity index (χ0v) is 21.1. The van der Waals surface area contributed by atoms with Crippen LogP contribution < -0.4 is 4.74 Å². The van der Waals surface area contributed by atoms with Crippen molar-refractivity contribution in [1.82, 2.24) is 0 Å². The van der Waals surface area contributed by atoms with Crippen molar-refractivity contribution in [2.24, 2.45) is 0 Å². The van der Waals surface area contributed by atoms with Gasteiger partial charge in [-0.25, -0.2) is 9.59 Å². The van der Waals surface area contributed by atoms with Crippen LogP contribution in [0.1, 0.15) is 42.6 Å². The number of allylic oxidation sites excluding steroid dienone is 4. The number of hydrogen-bond donors (Lipinski definition) is 0. The van der Waals surface area contributed by atoms with Gasteiger partial charge in [0.25, 0.3) is 0 Å². The highest BCUT2D eigenvalue weighted by atomic mass is 35.5. The zero-order chi connectivity index (χ0) is 25.0. The van der Waals surface area contributed by atoms with E-state index in [2.05, 4.69) is 19.9 Å². The van der Waals surface area contributed by atoms with E-state index >= 15 is 0 Å². The molecule has 0 N–H and O–H groups in total. The molecular weight excluding hydrogens is 483 g/mol. The molecule has 0 heterocycles. The van der Waals surface area contributed by atoms with E-state index in [0.717, 1.165) is 11.1 Å². The van der Waals surface area contributed by atoms with Crippen molar-refractivity contribution < 1.29 is 19.1 Å². The standard InChI is InChI=1S/C29H26Cl2O4/c1-29(2,21-7-15-25(16-8-21)34-27(32)19-3-11-23(30)12-4-19)22-9-17-26(18-10-22)35-28(33)20-5-13-24(31)14-6-20/h3-13,15-17,24,26H,14,18H2,1-2H3. The van der Waals surface area contributed by atoms with Gasteiger partial charge in [0.2, 0.25) is 0 Å². The molecule has 2 aliphatic rings. The molecule has 6 heteroatoms. The number of carbonyl (C=O) groups excluding carboxylic acids is 2. The highest BCUT2D eigenvalue weighted by Gasteiger charge is 2.27. The van der Waals surface area contributed by atoms with Gasteiger partial charge in [-0.05, 0) is 60.0 Å². The molecule has 0 saturated heterocycles. The third-order valence-corrected chi connectivity index (χ3v) is 6.77. The van der Waals surface area contributed by atoms with Gasteiger partial charge in [0, 0.05) is 16.9 Å². The summed E-state index contributed by atoms with van der Waals surface area (Å²) in [5.41, 5.74) is 2.89. The molecule has 180 valence electrons. The third-order valence-electron chi connectivity index (χ3n) is 6.19. The number of halogens is 2. The first-order valence-electron chi connectivity index (χ1n) is 11.4. The first-order valence-corrected chi connectivity index (χ1v) is 12.2. The molecule has 0 amide bonds. The van der Waals surface area contributed by atoms with Gasteiger partial charge >= 0.3 is 11.9 Å². The summed E-state index contributed by atoms with van der Waals surface area (Å²) in [5.74, 6) is -0.301. The first-order chi connectivity index (χ1) is 16.7. The van der Waals surface area contributed by atoms with Crippen LogP contribution in [0.3, 0.4) is 0 Å². The first kappa shape index (κ1) is 25.0. The van der Waals surface area contributed by atoms with Crippen molar-refractivity contribution in [3.8, 4) is 5.75 Å². The lowest BCUT2D eigenvalue weighted by Crippen LogP contribution is -2.24. The third kappa shape index (κ3) is 6.14. The number of carbonyl (C=O) groups is 2. The van der Waals surface area contributed by atoms with Crippen molar-refractivity contribution >= 4 is 35.1 Å². The molecule has 0 bridgehead atoms. The van der Waals surface area contributed by atoms with E-state index < -0.39 is 5.97 Å². The highest BCUT2D eigenvalue weighted by Crippen LogP contribution is 2.35. The molecule has 0 aliphatic heterocycles. The van der Waals surface area contributed by atoms with E-state index in [-0.39, 0.29) is 22.9 Å². The summed E-state index contributed by atoms with van der Waals surface area (Å²) in [7, 11) is 0. The van der Waals surface area contributed by atoms with Crippen LogP contribution in [0.4, 0.5) is 0 Å². The maximum absolute atomic E-state index is 12.4. The number of ether oxygens (including phenoxy) is 2. The van der Waals surface area contributed by atoms with Gasteiger partial charge in [0.1, 0.15) is 11.9 Å². The van der Waals surface area contributed by atoms with Gasteiger partial charge in [-0.3, -0.25) is 0 Å². The van der Waals surface area contributed by atoms with Gasteiger partial charge in [-0.1, -0.05) is 68.0 Å². The number of rotatable bonds is 6. The van der Waals surface area contributed by atoms with Crippen molar-refractivity contribution in [3.63, 3.8) is 0 Å². The number of benzene rings is 2. The van der Waals surface area contributed by atoms with Crippen LogP contribution in [0, 0.1) is 0 Å². The lowest BCUT2D eigenvalue weighted by atomic mass is 9.75. The van der Waals surface area contributed by atoms with Crippen LogP contribution in [0.15, 0.2) is 96.1 Å². The van der Waals surface area contributed by atoms with Gasteiger partial charge in [0.15, 0.2) is 0 Å². The van der Waals surface area contributed by atoms with Gasteiger partial charge < -0.3 is 9.47 Å². The van der Waals surface area contributed by atoms with Gasteiger partial charge in [0.05, 0.1) is 16.5 Å². The Hall–Kier alpha value is -3.08. The lowest BCUT2D eigenvalue weighted by molar-refractivity contribution is -0.141. The van der Waals surface area contributed by atoms with Gasteiger partial charge in [-0.15, -0.1) is 11.6 Å². The topological polar surface area (TPSA) is 52.6 Å². The van der Waals surface area contributed by atoms with Crippen LogP contribution >= 0.6 is 23.2 Å². The zero-order valence-electron chi connectivity index (χ0n) is 19.5. The maximum atomic E-state index is 12.4. The Bertz CT molecular complexity index is 1220. The molecule has 2 aromatic rings. The van der Waals surface area contributed by atoms with Crippen molar-refractivity contribution in [2.45, 2.75) is 43.6 Å². The monoisotopic (exact) mass is 508 g/mol. The highest BCUT2D eigenvalue weighted by molar-refractivity contribution is 6.30. The number of hydrogen-bond acceptors (Lipinski definition) is 4. The molecule has 35 heavy (non-hydrogen) atoms. The average Bonchev–Trinajstić information content (AvgIpc) is 2.85. The minimum absolute atomic E-state index is 0.0709. The van der Waals surface area contributed by atoms with Crippen molar-refractivity contribution in [3.05, 3.63) is 112 Å². The van der Waals surface area contributed by atoms with Crippen molar-refractivity contribution in [2.75, 3.05) is 0 Å². The molecule has 4 rings (SSSR count). The Labute approximate surface area is 215 Å². The predicted octanol–water partition coefficient (Wildman–Crippen LogP) is 7.13. The molecule has 2 unspecified atom stereocenters. The SMILES string of the molecule is CC(C)(C1=CCC(OC(=O)C2=CCC(Cl)C=C2)C=C1)c1ccc(OC(=O)c2ccc(Cl)cc2)cc1. The van der Waals surface area contributed by atoms with Crippen LogP contribution in [-0.4, -0.2) is 23.4 Å². The lowest BCUT2D eigenvalue weighted by Gasteiger charge is -2.30. The summed E-state index contributed by atoms with van der Waals surface area (Å²) in [4.78, 5) is 24.8. The molecule has 0 spiro atoms.